The van der Waals surface area contributed by atoms with E-state index in [-0.39, 0.29) is 11.6 Å². The average molecular weight is 339 g/mol. The van der Waals surface area contributed by atoms with Crippen molar-refractivity contribution in [2.75, 3.05) is 0 Å². The van der Waals surface area contributed by atoms with Crippen molar-refractivity contribution in [2.45, 2.75) is 6.61 Å². The molecule has 8 heteroatoms. The van der Waals surface area contributed by atoms with Crippen LogP contribution in [0.1, 0.15) is 15.5 Å². The van der Waals surface area contributed by atoms with E-state index in [0.717, 1.165) is 11.3 Å². The number of rotatable bonds is 4. The van der Waals surface area contributed by atoms with Crippen LogP contribution in [0.5, 0.6) is 5.75 Å². The van der Waals surface area contributed by atoms with Crippen molar-refractivity contribution in [1.29, 1.82) is 0 Å². The molecule has 1 heterocycles. The van der Waals surface area contributed by atoms with Crippen molar-refractivity contribution in [3.8, 4) is 5.75 Å². The van der Waals surface area contributed by atoms with Gasteiger partial charge in [0, 0.05) is 11.4 Å². The summed E-state index contributed by atoms with van der Waals surface area (Å²) in [5.74, 6) is -0.704. The van der Waals surface area contributed by atoms with Crippen LogP contribution in [-0.2, 0) is 6.61 Å². The molecule has 0 fully saturated rings. The van der Waals surface area contributed by atoms with Crippen molar-refractivity contribution in [3.05, 3.63) is 43.3 Å². The third-order valence-corrected chi connectivity index (χ3v) is 3.98. The van der Waals surface area contributed by atoms with Crippen LogP contribution in [0.4, 0.5) is 0 Å². The van der Waals surface area contributed by atoms with E-state index in [2.05, 4.69) is 4.98 Å². The predicted octanol–water partition coefficient (Wildman–Crippen LogP) is 4.38. The van der Waals surface area contributed by atoms with Crippen LogP contribution in [0.25, 0.3) is 0 Å². The number of carboxylic acids is 1. The minimum Gasteiger partial charge on any atom is -0.486 e. The minimum absolute atomic E-state index is 0.0128. The number of nitrogens with zero attached hydrogens (tertiary/aromatic N) is 1. The van der Waals surface area contributed by atoms with Crippen LogP contribution in [0, 0.1) is 0 Å². The summed E-state index contributed by atoms with van der Waals surface area (Å²) in [7, 11) is 0. The molecule has 1 aromatic heterocycles. The van der Waals surface area contributed by atoms with Gasteiger partial charge in [0.05, 0.1) is 20.8 Å². The molecule has 0 atom stereocenters. The number of aromatic carboxylic acids is 1. The van der Waals surface area contributed by atoms with Crippen LogP contribution < -0.4 is 4.74 Å². The number of carbonyl (C=O) groups is 1. The number of carboxylic acid groups (broad SMARTS) is 1. The van der Waals surface area contributed by atoms with E-state index in [4.69, 9.17) is 44.6 Å². The van der Waals surface area contributed by atoms with E-state index < -0.39 is 5.97 Å². The molecule has 0 spiro atoms. The van der Waals surface area contributed by atoms with Gasteiger partial charge in [-0.05, 0) is 6.07 Å². The van der Waals surface area contributed by atoms with Crippen molar-refractivity contribution >= 4 is 52.1 Å². The SMILES string of the molecule is O=C(O)c1nc(COc2cc(Cl)c(Cl)cc2Cl)cs1. The molecule has 0 bridgehead atoms. The molecule has 0 aliphatic heterocycles. The maximum atomic E-state index is 10.7. The van der Waals surface area contributed by atoms with E-state index >= 15 is 0 Å². The summed E-state index contributed by atoms with van der Waals surface area (Å²) in [5, 5.41) is 11.3. The van der Waals surface area contributed by atoms with Crippen LogP contribution >= 0.6 is 46.1 Å². The highest BCUT2D eigenvalue weighted by Gasteiger charge is 2.11. The Morgan fingerprint density at radius 2 is 1.95 bits per heavy atom. The van der Waals surface area contributed by atoms with Gasteiger partial charge in [-0.15, -0.1) is 11.3 Å². The van der Waals surface area contributed by atoms with Crippen LogP contribution in [0.15, 0.2) is 17.5 Å². The summed E-state index contributed by atoms with van der Waals surface area (Å²) in [6, 6.07) is 2.97. The number of benzene rings is 1. The molecule has 0 aliphatic rings. The highest BCUT2D eigenvalue weighted by atomic mass is 35.5. The Morgan fingerprint density at radius 3 is 2.58 bits per heavy atom. The zero-order valence-electron chi connectivity index (χ0n) is 9.19. The van der Waals surface area contributed by atoms with E-state index in [0.29, 0.717) is 26.5 Å². The number of thiazole rings is 1. The first-order valence-corrected chi connectivity index (χ1v) is 6.93. The number of hydrogen-bond donors (Lipinski definition) is 1. The van der Waals surface area contributed by atoms with Crippen LogP contribution in [0.3, 0.4) is 0 Å². The van der Waals surface area contributed by atoms with Gasteiger partial charge in [0.25, 0.3) is 0 Å². The zero-order valence-corrected chi connectivity index (χ0v) is 12.3. The molecule has 0 unspecified atom stereocenters. The summed E-state index contributed by atoms with van der Waals surface area (Å²) < 4.78 is 5.43. The first-order chi connectivity index (χ1) is 8.97. The molecule has 0 aliphatic carbocycles. The zero-order chi connectivity index (χ0) is 14.0. The average Bonchev–Trinajstić information content (AvgIpc) is 2.81. The molecule has 19 heavy (non-hydrogen) atoms. The Labute approximate surface area is 127 Å². The number of ether oxygens (including phenoxy) is 1. The fourth-order valence-electron chi connectivity index (χ4n) is 1.24. The second-order valence-corrected chi connectivity index (χ2v) is 5.51. The second kappa shape index (κ2) is 5.96. The van der Waals surface area contributed by atoms with Gasteiger partial charge in [-0.2, -0.15) is 0 Å². The molecule has 0 saturated heterocycles. The summed E-state index contributed by atoms with van der Waals surface area (Å²) in [4.78, 5) is 14.6. The Hall–Kier alpha value is -1.01. The number of halogens is 3. The van der Waals surface area contributed by atoms with Crippen LogP contribution in [-0.4, -0.2) is 16.1 Å². The van der Waals surface area contributed by atoms with Crippen LogP contribution in [0.2, 0.25) is 15.1 Å². The second-order valence-electron chi connectivity index (χ2n) is 3.43. The summed E-state index contributed by atoms with van der Waals surface area (Å²) in [6.07, 6.45) is 0. The quantitative estimate of drug-likeness (QED) is 0.840. The molecule has 2 aromatic rings. The van der Waals surface area contributed by atoms with E-state index in [1.165, 1.54) is 12.1 Å². The highest BCUT2D eigenvalue weighted by molar-refractivity contribution is 7.11. The molecule has 1 aromatic carbocycles. The lowest BCUT2D eigenvalue weighted by atomic mass is 10.3. The maximum Gasteiger partial charge on any atom is 0.365 e. The molecular formula is C11H6Cl3NO3S. The molecule has 0 radical (unpaired) electrons. The molecular weight excluding hydrogens is 333 g/mol. The van der Waals surface area contributed by atoms with Gasteiger partial charge >= 0.3 is 5.97 Å². The lowest BCUT2D eigenvalue weighted by Gasteiger charge is -2.07. The number of hydrogen-bond acceptors (Lipinski definition) is 4. The van der Waals surface area contributed by atoms with Crippen molar-refractivity contribution in [2.24, 2.45) is 0 Å². The lowest BCUT2D eigenvalue weighted by Crippen LogP contribution is -1.99. The van der Waals surface area contributed by atoms with Crippen molar-refractivity contribution in [1.82, 2.24) is 4.98 Å². The van der Waals surface area contributed by atoms with E-state index in [1.807, 2.05) is 0 Å². The van der Waals surface area contributed by atoms with Gasteiger partial charge in [-0.3, -0.25) is 0 Å². The molecule has 4 nitrogen and oxygen atoms in total. The first-order valence-electron chi connectivity index (χ1n) is 4.92. The Balaban J connectivity index is 2.09. The lowest BCUT2D eigenvalue weighted by molar-refractivity contribution is 0.0696. The van der Waals surface area contributed by atoms with Gasteiger partial charge in [-0.25, -0.2) is 9.78 Å². The highest BCUT2D eigenvalue weighted by Crippen LogP contribution is 2.34. The minimum atomic E-state index is -1.07. The Bertz CT molecular complexity index is 630. The fourth-order valence-corrected chi connectivity index (χ4v) is 2.47. The van der Waals surface area contributed by atoms with Crippen molar-refractivity contribution in [3.63, 3.8) is 0 Å². The van der Waals surface area contributed by atoms with Gasteiger partial charge in [0.2, 0.25) is 5.01 Å². The predicted molar refractivity (Wildman–Crippen MR) is 74.9 cm³/mol. The normalized spacial score (nSPS) is 10.5. The third kappa shape index (κ3) is 3.51. The largest absolute Gasteiger partial charge is 0.486 e. The smallest absolute Gasteiger partial charge is 0.365 e. The summed E-state index contributed by atoms with van der Waals surface area (Å²) >= 11 is 18.6. The van der Waals surface area contributed by atoms with Gasteiger partial charge < -0.3 is 9.84 Å². The monoisotopic (exact) mass is 337 g/mol. The Morgan fingerprint density at radius 1 is 1.26 bits per heavy atom. The van der Waals surface area contributed by atoms with Gasteiger partial charge in [0.1, 0.15) is 12.4 Å². The first kappa shape index (κ1) is 14.4. The maximum absolute atomic E-state index is 10.7. The Kier molecular flexibility index (Phi) is 4.52. The molecule has 0 saturated carbocycles. The summed E-state index contributed by atoms with van der Waals surface area (Å²) in [6.45, 7) is 0.0987. The fraction of sp³-hybridized carbons (Fsp3) is 0.0909. The molecule has 100 valence electrons. The summed E-state index contributed by atoms with van der Waals surface area (Å²) in [5.41, 5.74) is 0.504. The van der Waals surface area contributed by atoms with E-state index in [9.17, 15) is 4.79 Å². The topological polar surface area (TPSA) is 59.4 Å². The molecule has 2 rings (SSSR count). The van der Waals surface area contributed by atoms with E-state index in [1.54, 1.807) is 5.38 Å². The number of aromatic nitrogens is 1. The molecule has 0 amide bonds. The van der Waals surface area contributed by atoms with Gasteiger partial charge in [-0.1, -0.05) is 34.8 Å². The molecule has 1 N–H and O–H groups in total. The van der Waals surface area contributed by atoms with Crippen molar-refractivity contribution < 1.29 is 14.6 Å². The third-order valence-electron chi connectivity index (χ3n) is 2.09. The standard InChI is InChI=1S/C11H6Cl3NO3S/c12-6-1-8(14)9(2-7(6)13)18-3-5-4-19-10(15-5)11(16)17/h1-2,4H,3H2,(H,16,17). The van der Waals surface area contributed by atoms with Gasteiger partial charge in [0.15, 0.2) is 0 Å².